The SMILES string of the molecule is O=C(O)c1ccc2c(c1)CC1(C2)C(=O)N(c2ccsc2)c2cc(Cl)ccc21. The second-order valence-corrected chi connectivity index (χ2v) is 8.22. The highest BCUT2D eigenvalue weighted by atomic mass is 35.5. The third-order valence-electron chi connectivity index (χ3n) is 5.53. The van der Waals surface area contributed by atoms with Gasteiger partial charge in [0, 0.05) is 10.4 Å². The third kappa shape index (κ3) is 2.28. The Morgan fingerprint density at radius 2 is 1.93 bits per heavy atom. The van der Waals surface area contributed by atoms with E-state index < -0.39 is 11.4 Å². The molecule has 2 aliphatic rings. The summed E-state index contributed by atoms with van der Waals surface area (Å²) in [5.74, 6) is -0.935. The van der Waals surface area contributed by atoms with Crippen LogP contribution in [0.1, 0.15) is 27.0 Å². The summed E-state index contributed by atoms with van der Waals surface area (Å²) in [5.41, 5.74) is 4.11. The number of halogens is 1. The number of thiophene rings is 1. The molecule has 1 unspecified atom stereocenters. The van der Waals surface area contributed by atoms with Crippen LogP contribution in [0.25, 0.3) is 0 Å². The Morgan fingerprint density at radius 3 is 2.67 bits per heavy atom. The summed E-state index contributed by atoms with van der Waals surface area (Å²) in [6.07, 6.45) is 1.06. The van der Waals surface area contributed by atoms with Gasteiger partial charge in [-0.15, -0.1) is 0 Å². The monoisotopic (exact) mass is 395 g/mol. The normalized spacial score (nSPS) is 20.2. The number of carbonyl (C=O) groups excluding carboxylic acids is 1. The van der Waals surface area contributed by atoms with Crippen molar-refractivity contribution < 1.29 is 14.7 Å². The van der Waals surface area contributed by atoms with Crippen molar-refractivity contribution in [3.8, 4) is 0 Å². The lowest BCUT2D eigenvalue weighted by molar-refractivity contribution is -0.122. The topological polar surface area (TPSA) is 57.6 Å². The third-order valence-corrected chi connectivity index (χ3v) is 6.44. The van der Waals surface area contributed by atoms with E-state index in [9.17, 15) is 14.7 Å². The number of benzene rings is 2. The molecule has 1 atom stereocenters. The minimum atomic E-state index is -0.955. The van der Waals surface area contributed by atoms with Gasteiger partial charge < -0.3 is 5.11 Å². The van der Waals surface area contributed by atoms with E-state index in [1.165, 1.54) is 11.3 Å². The van der Waals surface area contributed by atoms with Crippen LogP contribution in [0.2, 0.25) is 5.02 Å². The number of hydrogen-bond donors (Lipinski definition) is 1. The zero-order valence-electron chi connectivity index (χ0n) is 14.1. The van der Waals surface area contributed by atoms with Crippen LogP contribution < -0.4 is 4.90 Å². The summed E-state index contributed by atoms with van der Waals surface area (Å²) in [5, 5.41) is 13.8. The van der Waals surface area contributed by atoms with Gasteiger partial charge in [0.1, 0.15) is 0 Å². The molecule has 27 heavy (non-hydrogen) atoms. The van der Waals surface area contributed by atoms with Crippen molar-refractivity contribution in [1.29, 1.82) is 0 Å². The number of aromatic carboxylic acids is 1. The van der Waals surface area contributed by atoms with Crippen molar-refractivity contribution in [3.63, 3.8) is 0 Å². The lowest BCUT2D eigenvalue weighted by Crippen LogP contribution is -2.39. The van der Waals surface area contributed by atoms with Gasteiger partial charge in [0.05, 0.1) is 22.4 Å². The Hall–Kier alpha value is -2.63. The molecule has 0 saturated heterocycles. The van der Waals surface area contributed by atoms with E-state index in [2.05, 4.69) is 0 Å². The van der Waals surface area contributed by atoms with Crippen molar-refractivity contribution in [2.45, 2.75) is 18.3 Å². The Bertz CT molecular complexity index is 1110. The summed E-state index contributed by atoms with van der Waals surface area (Å²) in [4.78, 5) is 26.7. The van der Waals surface area contributed by atoms with Crippen LogP contribution in [-0.4, -0.2) is 17.0 Å². The van der Waals surface area contributed by atoms with E-state index in [-0.39, 0.29) is 11.5 Å². The average Bonchev–Trinajstić information content (AvgIpc) is 3.33. The van der Waals surface area contributed by atoms with Gasteiger partial charge in [-0.05, 0) is 65.2 Å². The maximum absolute atomic E-state index is 13.7. The quantitative estimate of drug-likeness (QED) is 0.677. The van der Waals surface area contributed by atoms with Gasteiger partial charge in [0.15, 0.2) is 0 Å². The molecule has 1 amide bonds. The molecule has 1 aromatic heterocycles. The first-order valence-corrected chi connectivity index (χ1v) is 9.83. The van der Waals surface area contributed by atoms with Crippen LogP contribution in [0.4, 0.5) is 11.4 Å². The van der Waals surface area contributed by atoms with Crippen molar-refractivity contribution in [2.75, 3.05) is 4.90 Å². The minimum absolute atomic E-state index is 0.0197. The molecule has 134 valence electrons. The van der Waals surface area contributed by atoms with Crippen molar-refractivity contribution in [1.82, 2.24) is 0 Å². The Labute approximate surface area is 164 Å². The molecule has 1 N–H and O–H groups in total. The van der Waals surface area contributed by atoms with Crippen LogP contribution in [-0.2, 0) is 23.1 Å². The first-order valence-electron chi connectivity index (χ1n) is 8.51. The van der Waals surface area contributed by atoms with Crippen molar-refractivity contribution in [3.05, 3.63) is 80.5 Å². The first-order chi connectivity index (χ1) is 13.0. The summed E-state index contributed by atoms with van der Waals surface area (Å²) in [7, 11) is 0. The van der Waals surface area contributed by atoms with Crippen LogP contribution in [0.15, 0.2) is 53.2 Å². The van der Waals surface area contributed by atoms with Gasteiger partial charge in [0.25, 0.3) is 0 Å². The van der Waals surface area contributed by atoms with E-state index in [0.717, 1.165) is 28.1 Å². The number of hydrogen-bond acceptors (Lipinski definition) is 3. The molecular weight excluding hydrogens is 382 g/mol. The minimum Gasteiger partial charge on any atom is -0.478 e. The van der Waals surface area contributed by atoms with Crippen LogP contribution >= 0.6 is 22.9 Å². The summed E-state index contributed by atoms with van der Waals surface area (Å²) < 4.78 is 0. The molecule has 3 aromatic rings. The number of carbonyl (C=O) groups is 2. The first kappa shape index (κ1) is 16.5. The smallest absolute Gasteiger partial charge is 0.335 e. The Morgan fingerprint density at radius 1 is 1.11 bits per heavy atom. The average molecular weight is 396 g/mol. The van der Waals surface area contributed by atoms with Gasteiger partial charge in [-0.25, -0.2) is 4.79 Å². The zero-order valence-corrected chi connectivity index (χ0v) is 15.7. The largest absolute Gasteiger partial charge is 0.478 e. The van der Waals surface area contributed by atoms with Crippen LogP contribution in [0.5, 0.6) is 0 Å². The predicted octanol–water partition coefficient (Wildman–Crippen LogP) is 4.81. The van der Waals surface area contributed by atoms with E-state index in [0.29, 0.717) is 17.9 Å². The molecule has 1 spiro atoms. The molecule has 4 nitrogen and oxygen atoms in total. The molecule has 5 rings (SSSR count). The maximum Gasteiger partial charge on any atom is 0.335 e. The number of fused-ring (bicyclic) bond motifs is 3. The number of amides is 1. The highest BCUT2D eigenvalue weighted by Gasteiger charge is 2.54. The van der Waals surface area contributed by atoms with E-state index in [1.807, 2.05) is 41.1 Å². The number of carboxylic acid groups (broad SMARTS) is 1. The van der Waals surface area contributed by atoms with E-state index >= 15 is 0 Å². The molecule has 0 radical (unpaired) electrons. The Balaban J connectivity index is 1.67. The lowest BCUT2D eigenvalue weighted by atomic mass is 9.79. The summed E-state index contributed by atoms with van der Waals surface area (Å²) in [6, 6.07) is 12.7. The molecule has 6 heteroatoms. The molecule has 2 heterocycles. The van der Waals surface area contributed by atoms with Crippen molar-refractivity contribution >= 4 is 46.2 Å². The van der Waals surface area contributed by atoms with Gasteiger partial charge in [-0.1, -0.05) is 23.7 Å². The lowest BCUT2D eigenvalue weighted by Gasteiger charge is -2.23. The predicted molar refractivity (Wildman–Crippen MR) is 105 cm³/mol. The fourth-order valence-electron chi connectivity index (χ4n) is 4.32. The molecular formula is C21H14ClNO3S. The van der Waals surface area contributed by atoms with Gasteiger partial charge in [-0.3, -0.25) is 9.69 Å². The second-order valence-electron chi connectivity index (χ2n) is 7.01. The van der Waals surface area contributed by atoms with E-state index in [4.69, 9.17) is 11.6 Å². The summed E-state index contributed by atoms with van der Waals surface area (Å²) in [6.45, 7) is 0. The molecule has 1 aliphatic carbocycles. The highest BCUT2D eigenvalue weighted by molar-refractivity contribution is 7.08. The summed E-state index contributed by atoms with van der Waals surface area (Å²) >= 11 is 7.78. The molecule has 1 aliphatic heterocycles. The van der Waals surface area contributed by atoms with Gasteiger partial charge in [-0.2, -0.15) is 11.3 Å². The van der Waals surface area contributed by atoms with Crippen molar-refractivity contribution in [2.24, 2.45) is 0 Å². The molecule has 2 aromatic carbocycles. The standard InChI is InChI=1S/C21H14ClNO3S/c22-15-3-4-17-18(8-15)23(16-5-6-27-11-16)20(26)21(17)9-13-2-1-12(19(24)25)7-14(13)10-21/h1-8,11H,9-10H2,(H,24,25). The fraction of sp³-hybridized carbons (Fsp3) is 0.143. The number of carboxylic acids is 1. The number of nitrogens with zero attached hydrogens (tertiary/aromatic N) is 1. The highest BCUT2D eigenvalue weighted by Crippen LogP contribution is 2.53. The van der Waals surface area contributed by atoms with Crippen LogP contribution in [0.3, 0.4) is 0 Å². The fourth-order valence-corrected chi connectivity index (χ4v) is 5.11. The number of rotatable bonds is 2. The maximum atomic E-state index is 13.7. The molecule has 0 fully saturated rings. The molecule has 0 bridgehead atoms. The zero-order chi connectivity index (χ0) is 18.8. The van der Waals surface area contributed by atoms with Crippen LogP contribution in [0, 0.1) is 0 Å². The van der Waals surface area contributed by atoms with Gasteiger partial charge in [0.2, 0.25) is 5.91 Å². The van der Waals surface area contributed by atoms with Gasteiger partial charge >= 0.3 is 5.97 Å². The second kappa shape index (κ2) is 5.68. The Kier molecular flexibility index (Phi) is 3.48. The van der Waals surface area contributed by atoms with E-state index in [1.54, 1.807) is 17.0 Å². The molecule has 0 saturated carbocycles. The number of anilines is 2.